The van der Waals surface area contributed by atoms with Crippen LogP contribution < -0.4 is 14.8 Å². The first-order valence-corrected chi connectivity index (χ1v) is 9.86. The van der Waals surface area contributed by atoms with Crippen LogP contribution in [-0.4, -0.2) is 28.5 Å². The van der Waals surface area contributed by atoms with Gasteiger partial charge in [0.1, 0.15) is 17.2 Å². The van der Waals surface area contributed by atoms with Gasteiger partial charge in [-0.3, -0.25) is 10.1 Å². The van der Waals surface area contributed by atoms with Crippen molar-refractivity contribution in [3.05, 3.63) is 67.3 Å². The van der Waals surface area contributed by atoms with Gasteiger partial charge in [0.25, 0.3) is 5.91 Å². The molecule has 0 aliphatic carbocycles. The highest BCUT2D eigenvalue weighted by Crippen LogP contribution is 2.26. The first kappa shape index (κ1) is 18.9. The molecule has 138 valence electrons. The van der Waals surface area contributed by atoms with Crippen LogP contribution in [0.15, 0.2) is 71.6 Å². The summed E-state index contributed by atoms with van der Waals surface area (Å²) >= 11 is 2.83. The second-order valence-corrected chi connectivity index (χ2v) is 7.44. The summed E-state index contributed by atoms with van der Waals surface area (Å²) < 4.78 is 12.0. The van der Waals surface area contributed by atoms with Crippen LogP contribution in [0.3, 0.4) is 0 Å². The minimum atomic E-state index is -0.295. The van der Waals surface area contributed by atoms with E-state index < -0.39 is 0 Å². The largest absolute Gasteiger partial charge is 0.484 e. The second kappa shape index (κ2) is 9.75. The van der Waals surface area contributed by atoms with Crippen LogP contribution in [0.25, 0.3) is 0 Å². The van der Waals surface area contributed by atoms with E-state index in [9.17, 15) is 4.79 Å². The highest BCUT2D eigenvalue weighted by Gasteiger charge is 2.09. The first-order chi connectivity index (χ1) is 13.2. The molecule has 1 N–H and O–H groups in total. The quantitative estimate of drug-likeness (QED) is 0.321. The van der Waals surface area contributed by atoms with Gasteiger partial charge < -0.3 is 9.47 Å². The smallest absolute Gasteiger partial charge is 0.264 e. The zero-order valence-corrected chi connectivity index (χ0v) is 16.0. The summed E-state index contributed by atoms with van der Waals surface area (Å²) in [6.07, 6.45) is 1.79. The maximum Gasteiger partial charge on any atom is 0.264 e. The summed E-state index contributed by atoms with van der Waals surface area (Å²) in [7, 11) is 0. The SMILES string of the molecule is C=CCSc1nnc(NC(=O)COc2ccc(Oc3ccccc3)cc2)s1. The van der Waals surface area contributed by atoms with Gasteiger partial charge in [0.15, 0.2) is 10.9 Å². The van der Waals surface area contributed by atoms with Crippen molar-refractivity contribution in [2.24, 2.45) is 0 Å². The van der Waals surface area contributed by atoms with Crippen LogP contribution in [0.5, 0.6) is 17.2 Å². The van der Waals surface area contributed by atoms with Gasteiger partial charge in [-0.05, 0) is 36.4 Å². The highest BCUT2D eigenvalue weighted by molar-refractivity contribution is 8.01. The fourth-order valence-electron chi connectivity index (χ4n) is 1.98. The van der Waals surface area contributed by atoms with E-state index in [0.29, 0.717) is 16.6 Å². The molecular weight excluding hydrogens is 382 g/mol. The Morgan fingerprint density at radius 1 is 1.07 bits per heavy atom. The number of para-hydroxylation sites is 1. The lowest BCUT2D eigenvalue weighted by Crippen LogP contribution is -2.20. The van der Waals surface area contributed by atoms with Gasteiger partial charge in [-0.1, -0.05) is 47.4 Å². The van der Waals surface area contributed by atoms with Crippen LogP contribution in [0, 0.1) is 0 Å². The molecule has 2 aromatic carbocycles. The summed E-state index contributed by atoms with van der Waals surface area (Å²) in [6, 6.07) is 16.6. The number of ether oxygens (including phenoxy) is 2. The molecule has 0 spiro atoms. The van der Waals surface area contributed by atoms with Gasteiger partial charge >= 0.3 is 0 Å². The van der Waals surface area contributed by atoms with Gasteiger partial charge in [-0.25, -0.2) is 0 Å². The lowest BCUT2D eigenvalue weighted by molar-refractivity contribution is -0.118. The van der Waals surface area contributed by atoms with E-state index in [0.717, 1.165) is 15.8 Å². The molecule has 27 heavy (non-hydrogen) atoms. The molecule has 0 aliphatic heterocycles. The van der Waals surface area contributed by atoms with Crippen LogP contribution in [-0.2, 0) is 4.79 Å². The molecule has 1 amide bonds. The van der Waals surface area contributed by atoms with Gasteiger partial charge in [0, 0.05) is 5.75 Å². The molecule has 0 saturated carbocycles. The molecule has 1 aromatic heterocycles. The molecule has 3 rings (SSSR count). The zero-order valence-electron chi connectivity index (χ0n) is 14.3. The molecule has 0 atom stereocenters. The van der Waals surface area contributed by atoms with Gasteiger partial charge in [0.2, 0.25) is 5.13 Å². The number of hydrogen-bond donors (Lipinski definition) is 1. The fourth-order valence-corrected chi connectivity index (χ4v) is 3.51. The van der Waals surface area contributed by atoms with Crippen molar-refractivity contribution < 1.29 is 14.3 Å². The summed E-state index contributed by atoms with van der Waals surface area (Å²) in [5, 5.41) is 11.0. The molecule has 3 aromatic rings. The Labute approximate surface area is 165 Å². The molecule has 0 radical (unpaired) electrons. The predicted molar refractivity (Wildman–Crippen MR) is 108 cm³/mol. The van der Waals surface area contributed by atoms with Crippen molar-refractivity contribution in [3.63, 3.8) is 0 Å². The number of thioether (sulfide) groups is 1. The topological polar surface area (TPSA) is 73.3 Å². The molecule has 0 aliphatic rings. The number of nitrogens with zero attached hydrogens (tertiary/aromatic N) is 2. The Balaban J connectivity index is 1.45. The van der Waals surface area contributed by atoms with E-state index in [1.807, 2.05) is 30.3 Å². The third-order valence-corrected chi connectivity index (χ3v) is 5.12. The lowest BCUT2D eigenvalue weighted by Gasteiger charge is -2.08. The van der Waals surface area contributed by atoms with Gasteiger partial charge in [-0.15, -0.1) is 16.8 Å². The van der Waals surface area contributed by atoms with E-state index in [-0.39, 0.29) is 12.5 Å². The Morgan fingerprint density at radius 2 is 1.78 bits per heavy atom. The minimum absolute atomic E-state index is 0.117. The van der Waals surface area contributed by atoms with Gasteiger partial charge in [-0.2, -0.15) is 0 Å². The first-order valence-electron chi connectivity index (χ1n) is 8.06. The van der Waals surface area contributed by atoms with Crippen molar-refractivity contribution in [1.82, 2.24) is 10.2 Å². The Morgan fingerprint density at radius 3 is 2.52 bits per heavy atom. The number of benzene rings is 2. The number of rotatable bonds is 9. The van der Waals surface area contributed by atoms with Crippen molar-refractivity contribution in [2.75, 3.05) is 17.7 Å². The Bertz CT molecular complexity index is 883. The summed E-state index contributed by atoms with van der Waals surface area (Å²) in [5.41, 5.74) is 0. The molecule has 1 heterocycles. The fraction of sp³-hybridized carbons (Fsp3) is 0.105. The second-order valence-electron chi connectivity index (χ2n) is 5.20. The molecule has 0 fully saturated rings. The molecule has 8 heteroatoms. The Kier molecular flexibility index (Phi) is 6.84. The van der Waals surface area contributed by atoms with E-state index in [1.165, 1.54) is 23.1 Å². The van der Waals surface area contributed by atoms with Crippen LogP contribution >= 0.6 is 23.1 Å². The lowest BCUT2D eigenvalue weighted by atomic mass is 10.3. The summed E-state index contributed by atoms with van der Waals surface area (Å²) in [5.74, 6) is 2.47. The van der Waals surface area contributed by atoms with Crippen LogP contribution in [0.1, 0.15) is 0 Å². The van der Waals surface area contributed by atoms with E-state index in [1.54, 1.807) is 30.3 Å². The number of hydrogen-bond acceptors (Lipinski definition) is 7. The molecule has 0 saturated heterocycles. The summed E-state index contributed by atoms with van der Waals surface area (Å²) in [4.78, 5) is 12.0. The number of carbonyl (C=O) groups is 1. The number of amides is 1. The predicted octanol–water partition coefficient (Wildman–Crippen LogP) is 4.63. The van der Waals surface area contributed by atoms with Crippen molar-refractivity contribution >= 4 is 34.1 Å². The van der Waals surface area contributed by atoms with Crippen LogP contribution in [0.4, 0.5) is 5.13 Å². The minimum Gasteiger partial charge on any atom is -0.484 e. The van der Waals surface area contributed by atoms with Crippen LogP contribution in [0.2, 0.25) is 0 Å². The zero-order chi connectivity index (χ0) is 18.9. The van der Waals surface area contributed by atoms with E-state index in [4.69, 9.17) is 9.47 Å². The van der Waals surface area contributed by atoms with Crippen molar-refractivity contribution in [2.45, 2.75) is 4.34 Å². The summed E-state index contributed by atoms with van der Waals surface area (Å²) in [6.45, 7) is 3.53. The number of aromatic nitrogens is 2. The standard InChI is InChI=1S/C19H17N3O3S2/c1-2-12-26-19-22-21-18(27-19)20-17(23)13-24-14-8-10-16(11-9-14)25-15-6-4-3-5-7-15/h2-11H,1,12-13H2,(H,20,21,23). The normalized spacial score (nSPS) is 10.2. The number of anilines is 1. The number of nitrogens with one attached hydrogen (secondary N) is 1. The maximum atomic E-state index is 12.0. The van der Waals surface area contributed by atoms with Gasteiger partial charge in [0.05, 0.1) is 0 Å². The van der Waals surface area contributed by atoms with E-state index in [2.05, 4.69) is 22.1 Å². The average Bonchev–Trinajstić information content (AvgIpc) is 3.14. The maximum absolute atomic E-state index is 12.0. The third kappa shape index (κ3) is 6.12. The molecular formula is C19H17N3O3S2. The molecule has 0 unspecified atom stereocenters. The van der Waals surface area contributed by atoms with Crippen molar-refractivity contribution in [3.8, 4) is 17.2 Å². The van der Waals surface area contributed by atoms with Crippen molar-refractivity contribution in [1.29, 1.82) is 0 Å². The Hall–Kier alpha value is -2.84. The monoisotopic (exact) mass is 399 g/mol. The average molecular weight is 399 g/mol. The molecule has 0 bridgehead atoms. The highest BCUT2D eigenvalue weighted by atomic mass is 32.2. The molecule has 6 nitrogen and oxygen atoms in total. The van der Waals surface area contributed by atoms with E-state index >= 15 is 0 Å². The number of carbonyl (C=O) groups excluding carboxylic acids is 1. The third-order valence-electron chi connectivity index (χ3n) is 3.15.